The number of carboxylic acid groups (broad SMARTS) is 1. The smallest absolute Gasteiger partial charge is 0.327 e. The number of carbonyl (C=O) groups is 3. The van der Waals surface area contributed by atoms with Gasteiger partial charge in [0.2, 0.25) is 5.91 Å². The molecule has 1 atom stereocenters. The second kappa shape index (κ2) is 7.02. The molecule has 0 aliphatic carbocycles. The van der Waals surface area contributed by atoms with E-state index in [4.69, 9.17) is 0 Å². The van der Waals surface area contributed by atoms with Gasteiger partial charge in [0.1, 0.15) is 6.04 Å². The molecule has 7 nitrogen and oxygen atoms in total. The standard InChI is InChI=1S/C13H21N3O4S/c1-14-11(17)9-2-4-15(5-3-9)13(20)16-6-7-21-8-10(16)12(18)19/h9-10H,2-8H2,1H3,(H,14,17)(H,18,19). The number of amides is 3. The van der Waals surface area contributed by atoms with Crippen molar-refractivity contribution in [3.8, 4) is 0 Å². The summed E-state index contributed by atoms with van der Waals surface area (Å²) in [4.78, 5) is 38.5. The summed E-state index contributed by atoms with van der Waals surface area (Å²) in [5.41, 5.74) is 0. The summed E-state index contributed by atoms with van der Waals surface area (Å²) in [6, 6.07) is -0.953. The van der Waals surface area contributed by atoms with Crippen LogP contribution < -0.4 is 5.32 Å². The number of hydrogen-bond acceptors (Lipinski definition) is 4. The van der Waals surface area contributed by atoms with E-state index in [1.165, 1.54) is 4.90 Å². The average molecular weight is 315 g/mol. The largest absolute Gasteiger partial charge is 0.480 e. The first-order chi connectivity index (χ1) is 10.0. The summed E-state index contributed by atoms with van der Waals surface area (Å²) < 4.78 is 0. The van der Waals surface area contributed by atoms with Crippen LogP contribution in [0.15, 0.2) is 0 Å². The fourth-order valence-corrected chi connectivity index (χ4v) is 3.79. The van der Waals surface area contributed by atoms with Crippen LogP contribution in [0.3, 0.4) is 0 Å². The Labute approximate surface area is 128 Å². The minimum Gasteiger partial charge on any atom is -0.480 e. The first-order valence-electron chi connectivity index (χ1n) is 7.12. The van der Waals surface area contributed by atoms with Crippen LogP contribution in [-0.2, 0) is 9.59 Å². The van der Waals surface area contributed by atoms with Gasteiger partial charge in [-0.05, 0) is 12.8 Å². The first kappa shape index (κ1) is 15.9. The number of nitrogens with zero attached hydrogens (tertiary/aromatic N) is 2. The molecule has 1 unspecified atom stereocenters. The van der Waals surface area contributed by atoms with Crippen LogP contribution in [-0.4, -0.2) is 77.0 Å². The SMILES string of the molecule is CNC(=O)C1CCN(C(=O)N2CCSCC2C(=O)O)CC1. The number of urea groups is 1. The molecule has 2 aliphatic rings. The summed E-state index contributed by atoms with van der Waals surface area (Å²) in [6.07, 6.45) is 1.26. The zero-order valence-electron chi connectivity index (χ0n) is 12.1. The highest BCUT2D eigenvalue weighted by Gasteiger charge is 2.36. The van der Waals surface area contributed by atoms with E-state index in [9.17, 15) is 19.5 Å². The maximum atomic E-state index is 12.5. The third-order valence-electron chi connectivity index (χ3n) is 4.04. The second-order valence-electron chi connectivity index (χ2n) is 5.28. The molecule has 0 radical (unpaired) electrons. The van der Waals surface area contributed by atoms with Gasteiger partial charge < -0.3 is 20.2 Å². The molecular weight excluding hydrogens is 294 g/mol. The molecule has 2 heterocycles. The molecule has 0 saturated carbocycles. The Balaban J connectivity index is 1.94. The Bertz CT molecular complexity index is 424. The van der Waals surface area contributed by atoms with Crippen LogP contribution in [0.5, 0.6) is 0 Å². The van der Waals surface area contributed by atoms with Crippen LogP contribution in [0.2, 0.25) is 0 Å². The number of aliphatic carboxylic acids is 1. The van der Waals surface area contributed by atoms with Gasteiger partial charge in [0.15, 0.2) is 0 Å². The maximum absolute atomic E-state index is 12.5. The van der Waals surface area contributed by atoms with Gasteiger partial charge in [0, 0.05) is 44.1 Å². The van der Waals surface area contributed by atoms with E-state index in [-0.39, 0.29) is 17.9 Å². The summed E-state index contributed by atoms with van der Waals surface area (Å²) in [6.45, 7) is 1.48. The highest BCUT2D eigenvalue weighted by Crippen LogP contribution is 2.22. The van der Waals surface area contributed by atoms with Crippen molar-refractivity contribution in [2.75, 3.05) is 38.2 Å². The van der Waals surface area contributed by atoms with Gasteiger partial charge in [0.05, 0.1) is 0 Å². The molecule has 8 heteroatoms. The van der Waals surface area contributed by atoms with Crippen LogP contribution in [0.25, 0.3) is 0 Å². The third kappa shape index (κ3) is 3.61. The summed E-state index contributed by atoms with van der Waals surface area (Å²) in [5.74, 6) is 0.224. The molecular formula is C13H21N3O4S. The summed E-state index contributed by atoms with van der Waals surface area (Å²) in [5, 5.41) is 11.9. The maximum Gasteiger partial charge on any atom is 0.327 e. The van der Waals surface area contributed by atoms with Crippen molar-refractivity contribution >= 4 is 29.7 Å². The van der Waals surface area contributed by atoms with Gasteiger partial charge in [-0.15, -0.1) is 0 Å². The molecule has 2 N–H and O–H groups in total. The van der Waals surface area contributed by atoms with Crippen LogP contribution in [0.1, 0.15) is 12.8 Å². The van der Waals surface area contributed by atoms with E-state index in [0.29, 0.717) is 38.2 Å². The van der Waals surface area contributed by atoms with Crippen molar-refractivity contribution < 1.29 is 19.5 Å². The number of likely N-dealkylation sites (tertiary alicyclic amines) is 1. The normalized spacial score (nSPS) is 23.8. The Hall–Kier alpha value is -1.44. The molecule has 2 fully saturated rings. The van der Waals surface area contributed by atoms with Crippen molar-refractivity contribution in [1.82, 2.24) is 15.1 Å². The molecule has 0 aromatic rings. The predicted octanol–water partition coefficient (Wildman–Crippen LogP) is 0.0664. The van der Waals surface area contributed by atoms with Gasteiger partial charge in [-0.3, -0.25) is 4.79 Å². The van der Waals surface area contributed by atoms with Crippen molar-refractivity contribution in [1.29, 1.82) is 0 Å². The highest BCUT2D eigenvalue weighted by atomic mass is 32.2. The van der Waals surface area contributed by atoms with Crippen LogP contribution in [0, 0.1) is 5.92 Å². The lowest BCUT2D eigenvalue weighted by Crippen LogP contribution is -2.56. The van der Waals surface area contributed by atoms with Crippen molar-refractivity contribution in [2.24, 2.45) is 5.92 Å². The van der Waals surface area contributed by atoms with E-state index in [2.05, 4.69) is 5.32 Å². The second-order valence-corrected chi connectivity index (χ2v) is 6.43. The Morgan fingerprint density at radius 2 is 1.86 bits per heavy atom. The first-order valence-corrected chi connectivity index (χ1v) is 8.27. The van der Waals surface area contributed by atoms with Gasteiger partial charge >= 0.3 is 12.0 Å². The predicted molar refractivity (Wildman–Crippen MR) is 79.2 cm³/mol. The molecule has 0 aromatic carbocycles. The minimum absolute atomic E-state index is 0.0138. The molecule has 118 valence electrons. The van der Waals surface area contributed by atoms with Gasteiger partial charge in [0.25, 0.3) is 0 Å². The number of carbonyl (C=O) groups excluding carboxylic acids is 2. The lowest BCUT2D eigenvalue weighted by molar-refractivity contribution is -0.141. The topological polar surface area (TPSA) is 90.0 Å². The molecule has 2 aliphatic heterocycles. The van der Waals surface area contributed by atoms with Gasteiger partial charge in [-0.25, -0.2) is 9.59 Å². The van der Waals surface area contributed by atoms with E-state index in [1.807, 2.05) is 0 Å². The minimum atomic E-state index is -0.948. The van der Waals surface area contributed by atoms with Crippen molar-refractivity contribution in [3.63, 3.8) is 0 Å². The van der Waals surface area contributed by atoms with E-state index >= 15 is 0 Å². The number of nitrogens with one attached hydrogen (secondary N) is 1. The molecule has 0 bridgehead atoms. The fraction of sp³-hybridized carbons (Fsp3) is 0.769. The van der Waals surface area contributed by atoms with E-state index in [1.54, 1.807) is 23.7 Å². The Morgan fingerprint density at radius 3 is 2.43 bits per heavy atom. The van der Waals surface area contributed by atoms with Crippen LogP contribution >= 0.6 is 11.8 Å². The summed E-state index contributed by atoms with van der Waals surface area (Å²) in [7, 11) is 1.61. The molecule has 21 heavy (non-hydrogen) atoms. The van der Waals surface area contributed by atoms with Crippen LogP contribution in [0.4, 0.5) is 4.79 Å². The van der Waals surface area contributed by atoms with Gasteiger partial charge in [-0.1, -0.05) is 0 Å². The van der Waals surface area contributed by atoms with Crippen molar-refractivity contribution in [3.05, 3.63) is 0 Å². The number of piperidine rings is 1. The number of hydrogen-bond donors (Lipinski definition) is 2. The molecule has 2 saturated heterocycles. The molecule has 3 amide bonds. The fourth-order valence-electron chi connectivity index (χ4n) is 2.76. The highest BCUT2D eigenvalue weighted by molar-refractivity contribution is 7.99. The molecule has 0 spiro atoms. The lowest BCUT2D eigenvalue weighted by Gasteiger charge is -2.39. The van der Waals surface area contributed by atoms with Crippen molar-refractivity contribution in [2.45, 2.75) is 18.9 Å². The Morgan fingerprint density at radius 1 is 1.19 bits per heavy atom. The lowest BCUT2D eigenvalue weighted by atomic mass is 9.96. The molecule has 2 rings (SSSR count). The van der Waals surface area contributed by atoms with E-state index < -0.39 is 12.0 Å². The summed E-state index contributed by atoms with van der Waals surface area (Å²) >= 11 is 1.56. The number of carboxylic acids is 1. The Kier molecular flexibility index (Phi) is 5.33. The number of thioether (sulfide) groups is 1. The third-order valence-corrected chi connectivity index (χ3v) is 5.06. The monoisotopic (exact) mass is 315 g/mol. The molecule has 0 aromatic heterocycles. The van der Waals surface area contributed by atoms with E-state index in [0.717, 1.165) is 5.75 Å². The zero-order valence-corrected chi connectivity index (χ0v) is 12.9. The quantitative estimate of drug-likeness (QED) is 0.752. The zero-order chi connectivity index (χ0) is 15.4. The van der Waals surface area contributed by atoms with Gasteiger partial charge in [-0.2, -0.15) is 11.8 Å². The average Bonchev–Trinajstić information content (AvgIpc) is 2.53. The number of rotatable bonds is 2.